The van der Waals surface area contributed by atoms with Crippen molar-refractivity contribution in [3.05, 3.63) is 48.0 Å². The fraction of sp³-hybridized carbons (Fsp3) is 0.643. The average molecular weight is 442 g/mol. The molecular formula is C28H43NO3. The Morgan fingerprint density at radius 1 is 1.12 bits per heavy atom. The molecule has 0 unspecified atom stereocenters. The van der Waals surface area contributed by atoms with E-state index in [0.29, 0.717) is 18.6 Å². The second-order valence-electron chi connectivity index (χ2n) is 9.38. The molecular weight excluding hydrogens is 398 g/mol. The first-order chi connectivity index (χ1) is 15.5. The maximum absolute atomic E-state index is 12.3. The molecule has 2 rings (SSSR count). The summed E-state index contributed by atoms with van der Waals surface area (Å²) < 4.78 is 0. The summed E-state index contributed by atoms with van der Waals surface area (Å²) in [6.07, 6.45) is 14.9. The number of nitrogens with one attached hydrogen (secondary N) is 1. The van der Waals surface area contributed by atoms with E-state index in [0.717, 1.165) is 69.8 Å². The predicted molar refractivity (Wildman–Crippen MR) is 131 cm³/mol. The van der Waals surface area contributed by atoms with Crippen LogP contribution in [0.15, 0.2) is 42.5 Å². The molecule has 0 aromatic heterocycles. The van der Waals surface area contributed by atoms with Crippen LogP contribution in [0.1, 0.15) is 103 Å². The Hall–Kier alpha value is -1.94. The number of rotatable bonds is 15. The number of hydrogen-bond donors (Lipinski definition) is 2. The molecule has 4 nitrogen and oxygen atoms in total. The van der Waals surface area contributed by atoms with E-state index in [1.165, 1.54) is 0 Å². The zero-order valence-electron chi connectivity index (χ0n) is 20.1. The summed E-state index contributed by atoms with van der Waals surface area (Å²) in [6, 6.07) is 10.1. The minimum absolute atomic E-state index is 0.0345. The van der Waals surface area contributed by atoms with Gasteiger partial charge in [-0.15, -0.1) is 0 Å². The topological polar surface area (TPSA) is 66.4 Å². The number of allylic oxidation sites excluding steroid dienone is 1. The lowest BCUT2D eigenvalue weighted by Crippen LogP contribution is -2.26. The molecule has 0 bridgehead atoms. The third-order valence-corrected chi connectivity index (χ3v) is 6.68. The molecule has 0 heterocycles. The van der Waals surface area contributed by atoms with Gasteiger partial charge in [0.05, 0.1) is 12.1 Å². The normalized spacial score (nSPS) is 20.5. The van der Waals surface area contributed by atoms with E-state index in [1.54, 1.807) is 0 Å². The van der Waals surface area contributed by atoms with Crippen molar-refractivity contribution in [1.29, 1.82) is 0 Å². The van der Waals surface area contributed by atoms with E-state index in [9.17, 15) is 14.7 Å². The summed E-state index contributed by atoms with van der Waals surface area (Å²) in [4.78, 5) is 24.5. The minimum atomic E-state index is -0.381. The van der Waals surface area contributed by atoms with Gasteiger partial charge < -0.3 is 10.4 Å². The number of amides is 1. The van der Waals surface area contributed by atoms with Crippen molar-refractivity contribution in [2.24, 2.45) is 11.8 Å². The molecule has 1 aliphatic carbocycles. The van der Waals surface area contributed by atoms with Crippen molar-refractivity contribution < 1.29 is 14.7 Å². The van der Waals surface area contributed by atoms with Crippen molar-refractivity contribution in [1.82, 2.24) is 5.32 Å². The van der Waals surface area contributed by atoms with Crippen LogP contribution in [0.5, 0.6) is 0 Å². The van der Waals surface area contributed by atoms with Gasteiger partial charge in [-0.05, 0) is 44.1 Å². The molecule has 0 spiro atoms. The van der Waals surface area contributed by atoms with Gasteiger partial charge in [-0.3, -0.25) is 9.59 Å². The lowest BCUT2D eigenvalue weighted by molar-refractivity contribution is -0.122. The molecule has 1 aromatic carbocycles. The number of aliphatic hydroxyl groups excluding tert-OH is 1. The summed E-state index contributed by atoms with van der Waals surface area (Å²) in [6.45, 7) is 4.18. The van der Waals surface area contributed by atoms with Gasteiger partial charge in [0.2, 0.25) is 5.91 Å². The van der Waals surface area contributed by atoms with Gasteiger partial charge in [-0.2, -0.15) is 0 Å². The van der Waals surface area contributed by atoms with Crippen LogP contribution >= 0.6 is 0 Å². The van der Waals surface area contributed by atoms with Gasteiger partial charge in [-0.1, -0.05) is 87.9 Å². The fourth-order valence-electron chi connectivity index (χ4n) is 4.65. The van der Waals surface area contributed by atoms with Crippen molar-refractivity contribution in [3.8, 4) is 0 Å². The first-order valence-electron chi connectivity index (χ1n) is 12.7. The molecule has 1 aliphatic rings. The van der Waals surface area contributed by atoms with Gasteiger partial charge in [0, 0.05) is 18.8 Å². The van der Waals surface area contributed by atoms with Crippen molar-refractivity contribution in [2.75, 3.05) is 0 Å². The van der Waals surface area contributed by atoms with Crippen LogP contribution in [-0.4, -0.2) is 22.9 Å². The predicted octanol–water partition coefficient (Wildman–Crippen LogP) is 6.30. The molecule has 1 fully saturated rings. The van der Waals surface area contributed by atoms with Crippen molar-refractivity contribution >= 4 is 11.7 Å². The van der Waals surface area contributed by atoms with E-state index >= 15 is 0 Å². The Morgan fingerprint density at radius 2 is 1.88 bits per heavy atom. The molecule has 1 aromatic rings. The van der Waals surface area contributed by atoms with Crippen LogP contribution in [0.3, 0.4) is 0 Å². The number of carbonyl (C=O) groups excluding carboxylic acids is 2. The minimum Gasteiger partial charge on any atom is -0.389 e. The summed E-state index contributed by atoms with van der Waals surface area (Å²) >= 11 is 0. The number of aliphatic hydroxyl groups is 1. The highest BCUT2D eigenvalue weighted by Gasteiger charge is 2.32. The van der Waals surface area contributed by atoms with E-state index in [1.807, 2.05) is 43.3 Å². The smallest absolute Gasteiger partial charge is 0.220 e. The summed E-state index contributed by atoms with van der Waals surface area (Å²) in [5.41, 5.74) is 1.12. The number of unbranched alkanes of at least 4 members (excludes halogenated alkanes) is 5. The zero-order valence-corrected chi connectivity index (χ0v) is 20.1. The van der Waals surface area contributed by atoms with Gasteiger partial charge in [0.25, 0.3) is 0 Å². The molecule has 4 atom stereocenters. The lowest BCUT2D eigenvalue weighted by atomic mass is 9.89. The SMILES string of the molecule is CCCCC[C@H](O)/C=C/[C@H]1CCC(=O)[C@@H]1CCCCCCC(=O)N[C@@H](C)c1ccccc1. The quantitative estimate of drug-likeness (QED) is 0.248. The second-order valence-corrected chi connectivity index (χ2v) is 9.38. The van der Waals surface area contributed by atoms with E-state index in [2.05, 4.69) is 18.3 Å². The van der Waals surface area contributed by atoms with E-state index in [-0.39, 0.29) is 29.9 Å². The number of hydrogen-bond acceptors (Lipinski definition) is 3. The summed E-state index contributed by atoms with van der Waals surface area (Å²) in [5.74, 6) is 0.891. The Kier molecular flexibility index (Phi) is 12.3. The summed E-state index contributed by atoms with van der Waals surface area (Å²) in [7, 11) is 0. The number of Topliss-reactive ketones (excluding diaryl/α,β-unsaturated/α-hetero) is 1. The molecule has 0 aliphatic heterocycles. The van der Waals surface area contributed by atoms with Gasteiger partial charge in [0.15, 0.2) is 0 Å². The van der Waals surface area contributed by atoms with Crippen LogP contribution in [0.25, 0.3) is 0 Å². The molecule has 32 heavy (non-hydrogen) atoms. The molecule has 2 N–H and O–H groups in total. The third kappa shape index (κ3) is 9.68. The van der Waals surface area contributed by atoms with E-state index < -0.39 is 0 Å². The van der Waals surface area contributed by atoms with Crippen molar-refractivity contribution in [2.45, 2.75) is 103 Å². The second kappa shape index (κ2) is 15.0. The van der Waals surface area contributed by atoms with Crippen LogP contribution in [0, 0.1) is 11.8 Å². The fourth-order valence-corrected chi connectivity index (χ4v) is 4.65. The third-order valence-electron chi connectivity index (χ3n) is 6.68. The van der Waals surface area contributed by atoms with Gasteiger partial charge >= 0.3 is 0 Å². The Balaban J connectivity index is 1.60. The van der Waals surface area contributed by atoms with Crippen LogP contribution < -0.4 is 5.32 Å². The molecule has 178 valence electrons. The van der Waals surface area contributed by atoms with Gasteiger partial charge in [0.1, 0.15) is 5.78 Å². The van der Waals surface area contributed by atoms with Gasteiger partial charge in [-0.25, -0.2) is 0 Å². The number of benzene rings is 1. The van der Waals surface area contributed by atoms with Crippen LogP contribution in [-0.2, 0) is 9.59 Å². The first kappa shape index (κ1) is 26.3. The summed E-state index contributed by atoms with van der Waals surface area (Å²) in [5, 5.41) is 13.2. The average Bonchev–Trinajstić information content (AvgIpc) is 3.14. The largest absolute Gasteiger partial charge is 0.389 e. The van der Waals surface area contributed by atoms with E-state index in [4.69, 9.17) is 0 Å². The Bertz CT molecular complexity index is 700. The molecule has 0 saturated heterocycles. The number of carbonyl (C=O) groups is 2. The molecule has 1 amide bonds. The Labute approximate surface area is 194 Å². The monoisotopic (exact) mass is 441 g/mol. The van der Waals surface area contributed by atoms with Crippen LogP contribution in [0.4, 0.5) is 0 Å². The Morgan fingerprint density at radius 3 is 2.62 bits per heavy atom. The highest BCUT2D eigenvalue weighted by Crippen LogP contribution is 2.34. The van der Waals surface area contributed by atoms with Crippen LogP contribution in [0.2, 0.25) is 0 Å². The molecule has 0 radical (unpaired) electrons. The molecule has 1 saturated carbocycles. The maximum Gasteiger partial charge on any atom is 0.220 e. The maximum atomic E-state index is 12.3. The highest BCUT2D eigenvalue weighted by molar-refractivity contribution is 5.83. The number of ketones is 1. The zero-order chi connectivity index (χ0) is 23.2. The molecule has 4 heteroatoms. The van der Waals surface area contributed by atoms with Crippen molar-refractivity contribution in [3.63, 3.8) is 0 Å². The first-order valence-corrected chi connectivity index (χ1v) is 12.7. The lowest BCUT2D eigenvalue weighted by Gasteiger charge is -2.16. The highest BCUT2D eigenvalue weighted by atomic mass is 16.3. The standard InChI is InChI=1S/C28H43NO3/c1-3-4-8-15-25(30)20-18-24-19-21-27(31)26(24)16-11-5-6-12-17-28(32)29-22(2)23-13-9-7-10-14-23/h7,9-10,13-14,18,20,22,24-26,30H,3-6,8,11-12,15-17,19,21H2,1-2H3,(H,29,32)/b20-18+/t22-,24-,25-,26+/m0/s1.